The fourth-order valence-corrected chi connectivity index (χ4v) is 3.74. The minimum Gasteiger partial charge on any atom is -0.495 e. The molecule has 3 heterocycles. The smallest absolute Gasteiger partial charge is 0.257 e. The number of amides is 1. The fraction of sp³-hybridized carbons (Fsp3) is 0.368. The molecule has 0 aliphatic carbocycles. The number of para-hydroxylation sites is 2. The van der Waals surface area contributed by atoms with Gasteiger partial charge in [-0.25, -0.2) is 4.98 Å². The first-order valence-electron chi connectivity index (χ1n) is 8.61. The highest BCUT2D eigenvalue weighted by molar-refractivity contribution is 5.99. The Kier molecular flexibility index (Phi) is 7.30. The van der Waals surface area contributed by atoms with E-state index in [1.807, 2.05) is 35.2 Å². The minimum atomic E-state index is 0. The maximum Gasteiger partial charge on any atom is 0.257 e. The maximum atomic E-state index is 13.0. The summed E-state index contributed by atoms with van der Waals surface area (Å²) in [6.07, 6.45) is 1.69. The van der Waals surface area contributed by atoms with Crippen molar-refractivity contribution >= 4 is 42.2 Å². The molecule has 2 atom stereocenters. The lowest BCUT2D eigenvalue weighted by Gasteiger charge is -2.19. The average Bonchev–Trinajstić information content (AvgIpc) is 3.24. The molecule has 2 aromatic rings. The third-order valence-electron chi connectivity index (χ3n) is 5.07. The lowest BCUT2D eigenvalue weighted by Crippen LogP contribution is -2.32. The van der Waals surface area contributed by atoms with Crippen molar-refractivity contribution < 1.29 is 9.53 Å². The maximum absolute atomic E-state index is 13.0. The average molecular weight is 411 g/mol. The van der Waals surface area contributed by atoms with Gasteiger partial charge in [0.05, 0.1) is 18.4 Å². The summed E-state index contributed by atoms with van der Waals surface area (Å²) in [5.41, 5.74) is 1.39. The Morgan fingerprint density at radius 3 is 2.56 bits per heavy atom. The Labute approximate surface area is 171 Å². The largest absolute Gasteiger partial charge is 0.495 e. The molecule has 4 rings (SSSR count). The Balaban J connectivity index is 0.00000131. The molecule has 1 aromatic heterocycles. The van der Waals surface area contributed by atoms with Crippen LogP contribution in [0.4, 0.5) is 11.5 Å². The van der Waals surface area contributed by atoms with Crippen molar-refractivity contribution in [3.05, 3.63) is 48.2 Å². The van der Waals surface area contributed by atoms with Crippen molar-refractivity contribution in [2.75, 3.05) is 38.6 Å². The molecule has 146 valence electrons. The van der Waals surface area contributed by atoms with Crippen molar-refractivity contribution in [3.63, 3.8) is 0 Å². The molecule has 0 radical (unpaired) electrons. The third kappa shape index (κ3) is 4.29. The molecule has 1 aromatic carbocycles. The molecule has 8 heteroatoms. The van der Waals surface area contributed by atoms with E-state index in [0.29, 0.717) is 29.0 Å². The third-order valence-corrected chi connectivity index (χ3v) is 5.07. The van der Waals surface area contributed by atoms with Crippen LogP contribution in [-0.2, 0) is 0 Å². The Bertz CT molecular complexity index is 778. The molecule has 2 fully saturated rings. The number of nitrogens with one attached hydrogen (secondary N) is 2. The quantitative estimate of drug-likeness (QED) is 0.810. The van der Waals surface area contributed by atoms with Crippen molar-refractivity contribution in [2.45, 2.75) is 0 Å². The van der Waals surface area contributed by atoms with Crippen molar-refractivity contribution in [1.82, 2.24) is 15.2 Å². The number of nitrogens with zero attached hydrogens (tertiary/aromatic N) is 2. The number of ether oxygens (including phenoxy) is 1. The van der Waals surface area contributed by atoms with E-state index in [1.54, 1.807) is 19.4 Å². The first kappa shape index (κ1) is 21.3. The van der Waals surface area contributed by atoms with Gasteiger partial charge in [-0.3, -0.25) is 4.79 Å². The van der Waals surface area contributed by atoms with Gasteiger partial charge in [-0.2, -0.15) is 0 Å². The summed E-state index contributed by atoms with van der Waals surface area (Å²) in [5.74, 6) is 2.47. The van der Waals surface area contributed by atoms with Crippen molar-refractivity contribution in [3.8, 4) is 5.75 Å². The zero-order valence-electron chi connectivity index (χ0n) is 15.1. The number of hydrogen-bond donors (Lipinski definition) is 2. The van der Waals surface area contributed by atoms with E-state index in [9.17, 15) is 4.79 Å². The summed E-state index contributed by atoms with van der Waals surface area (Å²) in [7, 11) is 1.63. The number of anilines is 2. The number of carbonyl (C=O) groups is 1. The molecule has 6 nitrogen and oxygen atoms in total. The molecule has 0 saturated carbocycles. The number of carbonyl (C=O) groups excluding carboxylic acids is 1. The van der Waals surface area contributed by atoms with Crippen LogP contribution in [0.15, 0.2) is 42.6 Å². The second-order valence-corrected chi connectivity index (χ2v) is 6.61. The van der Waals surface area contributed by atoms with Crippen molar-refractivity contribution in [1.29, 1.82) is 0 Å². The van der Waals surface area contributed by atoms with Crippen molar-refractivity contribution in [2.24, 2.45) is 11.8 Å². The van der Waals surface area contributed by atoms with Crippen LogP contribution in [0.3, 0.4) is 0 Å². The number of benzene rings is 1. The van der Waals surface area contributed by atoms with Gasteiger partial charge in [0.1, 0.15) is 11.6 Å². The highest BCUT2D eigenvalue weighted by Gasteiger charge is 2.38. The number of fused-ring (bicyclic) bond motifs is 1. The van der Waals surface area contributed by atoms with Crippen LogP contribution >= 0.6 is 24.8 Å². The molecule has 2 saturated heterocycles. The molecule has 2 aliphatic rings. The van der Waals surface area contributed by atoms with Gasteiger partial charge in [0.2, 0.25) is 0 Å². The van der Waals surface area contributed by atoms with E-state index in [-0.39, 0.29) is 30.7 Å². The zero-order valence-corrected chi connectivity index (χ0v) is 16.7. The molecular weight excluding hydrogens is 387 g/mol. The molecule has 0 bridgehead atoms. The van der Waals surface area contributed by atoms with Crippen LogP contribution in [0.2, 0.25) is 0 Å². The van der Waals surface area contributed by atoms with E-state index < -0.39 is 0 Å². The number of methoxy groups -OCH3 is 1. The monoisotopic (exact) mass is 410 g/mol. The SMILES string of the molecule is COc1ccccc1Nc1ncccc1C(=O)N1C[C@H]2CNC[C@H]2C1.Cl.Cl. The highest BCUT2D eigenvalue weighted by atomic mass is 35.5. The Morgan fingerprint density at radius 2 is 1.85 bits per heavy atom. The second kappa shape index (κ2) is 9.26. The van der Waals surface area contributed by atoms with Gasteiger partial charge >= 0.3 is 0 Å². The van der Waals surface area contributed by atoms with Crippen LogP contribution in [0.1, 0.15) is 10.4 Å². The number of halogens is 2. The van der Waals surface area contributed by atoms with E-state index in [0.717, 1.165) is 31.9 Å². The number of pyridine rings is 1. The first-order chi connectivity index (χ1) is 12.3. The van der Waals surface area contributed by atoms with Gasteiger partial charge in [0.25, 0.3) is 5.91 Å². The number of aromatic nitrogens is 1. The van der Waals surface area contributed by atoms with Gasteiger partial charge in [-0.15, -0.1) is 24.8 Å². The molecular formula is C19H24Cl2N4O2. The Hall–Kier alpha value is -2.02. The van der Waals surface area contributed by atoms with Gasteiger partial charge < -0.3 is 20.3 Å². The van der Waals surface area contributed by atoms with Crippen LogP contribution in [-0.4, -0.2) is 49.1 Å². The second-order valence-electron chi connectivity index (χ2n) is 6.61. The number of hydrogen-bond acceptors (Lipinski definition) is 5. The van der Waals surface area contributed by atoms with E-state index >= 15 is 0 Å². The number of likely N-dealkylation sites (tertiary alicyclic amines) is 1. The predicted octanol–water partition coefficient (Wildman–Crippen LogP) is 2.97. The van der Waals surface area contributed by atoms with Gasteiger partial charge in [0, 0.05) is 32.4 Å². The first-order valence-corrected chi connectivity index (χ1v) is 8.61. The molecule has 2 N–H and O–H groups in total. The summed E-state index contributed by atoms with van der Waals surface area (Å²) < 4.78 is 5.38. The summed E-state index contributed by atoms with van der Waals surface area (Å²) >= 11 is 0. The lowest BCUT2D eigenvalue weighted by molar-refractivity contribution is 0.0782. The lowest BCUT2D eigenvalue weighted by atomic mass is 10.0. The zero-order chi connectivity index (χ0) is 17.2. The Morgan fingerprint density at radius 1 is 1.15 bits per heavy atom. The molecule has 27 heavy (non-hydrogen) atoms. The van der Waals surface area contributed by atoms with Crippen LogP contribution in [0.5, 0.6) is 5.75 Å². The van der Waals surface area contributed by atoms with Gasteiger partial charge in [-0.1, -0.05) is 12.1 Å². The molecule has 0 spiro atoms. The van der Waals surface area contributed by atoms with Gasteiger partial charge in [-0.05, 0) is 36.1 Å². The van der Waals surface area contributed by atoms with E-state index in [1.165, 1.54) is 0 Å². The topological polar surface area (TPSA) is 66.5 Å². The predicted molar refractivity (Wildman–Crippen MR) is 111 cm³/mol. The minimum absolute atomic E-state index is 0. The summed E-state index contributed by atoms with van der Waals surface area (Å²) in [6.45, 7) is 3.65. The van der Waals surface area contributed by atoms with Gasteiger partial charge in [0.15, 0.2) is 0 Å². The molecule has 1 amide bonds. The normalized spacial score (nSPS) is 20.3. The van der Waals surface area contributed by atoms with E-state index in [2.05, 4.69) is 15.6 Å². The van der Waals surface area contributed by atoms with E-state index in [4.69, 9.17) is 4.74 Å². The standard InChI is InChI=1S/C19H22N4O2.2ClH/c1-25-17-7-3-2-6-16(17)22-18-15(5-4-8-21-18)19(24)23-11-13-9-20-10-14(13)12-23;;/h2-8,13-14,20H,9-12H2,1H3,(H,21,22);2*1H/t13-,14+;;. The van der Waals surface area contributed by atoms with Crippen LogP contribution < -0.4 is 15.4 Å². The summed E-state index contributed by atoms with van der Waals surface area (Å²) in [6, 6.07) is 11.3. The van der Waals surface area contributed by atoms with Crippen LogP contribution in [0.25, 0.3) is 0 Å². The highest BCUT2D eigenvalue weighted by Crippen LogP contribution is 2.31. The summed E-state index contributed by atoms with van der Waals surface area (Å²) in [5, 5.41) is 6.65. The molecule has 2 aliphatic heterocycles. The molecule has 0 unspecified atom stereocenters. The van der Waals surface area contributed by atoms with Crippen LogP contribution in [0, 0.1) is 11.8 Å². The number of rotatable bonds is 4. The summed E-state index contributed by atoms with van der Waals surface area (Å²) in [4.78, 5) is 19.4. The fourth-order valence-electron chi connectivity index (χ4n) is 3.74.